The normalized spacial score (nSPS) is 11.9. The summed E-state index contributed by atoms with van der Waals surface area (Å²) in [6.45, 7) is 3.54. The highest BCUT2D eigenvalue weighted by Gasteiger charge is 2.17. The van der Waals surface area contributed by atoms with Crippen molar-refractivity contribution in [1.29, 1.82) is 0 Å². The van der Waals surface area contributed by atoms with Gasteiger partial charge in [0.2, 0.25) is 26.0 Å². The lowest BCUT2D eigenvalue weighted by atomic mass is 10.3. The molecule has 0 aromatic heterocycles. The molecular weight excluding hydrogens is 466 g/mol. The molecule has 0 aliphatic rings. The molecule has 12 heteroatoms. The Labute approximate surface area is 187 Å². The van der Waals surface area contributed by atoms with E-state index >= 15 is 0 Å². The highest BCUT2D eigenvalue weighted by atomic mass is 35.5. The molecule has 0 aliphatic heterocycles. The lowest BCUT2D eigenvalue weighted by molar-refractivity contribution is -0.118. The monoisotopic (exact) mass is 489 g/mol. The van der Waals surface area contributed by atoms with Gasteiger partial charge in [0, 0.05) is 23.8 Å². The molecule has 0 saturated carbocycles. The molecule has 0 bridgehead atoms. The molecule has 0 heterocycles. The van der Waals surface area contributed by atoms with Crippen LogP contribution in [0.3, 0.4) is 0 Å². The molecule has 3 N–H and O–H groups in total. The van der Waals surface area contributed by atoms with Gasteiger partial charge in [0.25, 0.3) is 0 Å². The highest BCUT2D eigenvalue weighted by molar-refractivity contribution is 7.93. The highest BCUT2D eigenvalue weighted by Crippen LogP contribution is 2.18. The Morgan fingerprint density at radius 2 is 1.71 bits per heavy atom. The van der Waals surface area contributed by atoms with E-state index in [1.54, 1.807) is 18.2 Å². The van der Waals surface area contributed by atoms with Crippen molar-refractivity contribution in [3.8, 4) is 5.75 Å². The Bertz CT molecular complexity index is 1100. The van der Waals surface area contributed by atoms with Gasteiger partial charge in [-0.2, -0.15) is 0 Å². The molecule has 2 rings (SSSR count). The number of benzene rings is 2. The van der Waals surface area contributed by atoms with Gasteiger partial charge in [0.05, 0.1) is 11.0 Å². The van der Waals surface area contributed by atoms with Gasteiger partial charge >= 0.3 is 0 Å². The van der Waals surface area contributed by atoms with Crippen LogP contribution in [-0.4, -0.2) is 47.7 Å². The number of rotatable bonds is 11. The first-order chi connectivity index (χ1) is 14.5. The maximum absolute atomic E-state index is 12.2. The molecule has 0 unspecified atom stereocenters. The standard InChI is InChI=1S/C19H24ClN3O6S2/c1-14(2)29-17-8-6-16(7-9-17)23-30(25,26)13-19(24)21-10-11-22-31(27,28)18-5-3-4-15(20)12-18/h3-9,12,14,22-23H,10-11,13H2,1-2H3,(H,21,24). The summed E-state index contributed by atoms with van der Waals surface area (Å²) in [5.41, 5.74) is 0.290. The van der Waals surface area contributed by atoms with Crippen LogP contribution >= 0.6 is 11.6 Å². The van der Waals surface area contributed by atoms with Crippen molar-refractivity contribution in [3.63, 3.8) is 0 Å². The van der Waals surface area contributed by atoms with Crippen LogP contribution in [0.2, 0.25) is 5.02 Å². The predicted molar refractivity (Wildman–Crippen MR) is 119 cm³/mol. The summed E-state index contributed by atoms with van der Waals surface area (Å²) >= 11 is 5.78. The van der Waals surface area contributed by atoms with E-state index in [1.165, 1.54) is 30.3 Å². The molecule has 0 spiro atoms. The van der Waals surface area contributed by atoms with E-state index in [4.69, 9.17) is 16.3 Å². The van der Waals surface area contributed by atoms with Gasteiger partial charge in [0.1, 0.15) is 11.5 Å². The van der Waals surface area contributed by atoms with Crippen molar-refractivity contribution < 1.29 is 26.4 Å². The van der Waals surface area contributed by atoms with Crippen LogP contribution in [0.15, 0.2) is 53.4 Å². The van der Waals surface area contributed by atoms with Gasteiger partial charge in [-0.05, 0) is 56.3 Å². The summed E-state index contributed by atoms with van der Waals surface area (Å²) < 4.78 is 58.7. The van der Waals surface area contributed by atoms with E-state index < -0.39 is 31.7 Å². The lowest BCUT2D eigenvalue weighted by Gasteiger charge is -2.12. The third-order valence-electron chi connectivity index (χ3n) is 3.67. The second kappa shape index (κ2) is 10.8. The molecule has 0 atom stereocenters. The minimum Gasteiger partial charge on any atom is -0.491 e. The summed E-state index contributed by atoms with van der Waals surface area (Å²) in [6, 6.07) is 12.0. The van der Waals surface area contributed by atoms with Crippen LogP contribution in [0.4, 0.5) is 5.69 Å². The number of amides is 1. The average Bonchev–Trinajstić information content (AvgIpc) is 2.66. The average molecular weight is 490 g/mol. The predicted octanol–water partition coefficient (Wildman–Crippen LogP) is 1.96. The lowest BCUT2D eigenvalue weighted by Crippen LogP contribution is -2.38. The molecule has 0 saturated heterocycles. The topological polar surface area (TPSA) is 131 Å². The van der Waals surface area contributed by atoms with Crippen LogP contribution in [0.25, 0.3) is 0 Å². The van der Waals surface area contributed by atoms with Gasteiger partial charge in [-0.1, -0.05) is 17.7 Å². The fourth-order valence-corrected chi connectivity index (χ4v) is 4.76. The third kappa shape index (κ3) is 8.74. The Balaban J connectivity index is 1.79. The van der Waals surface area contributed by atoms with Crippen LogP contribution in [0.5, 0.6) is 5.75 Å². The van der Waals surface area contributed by atoms with Crippen molar-refractivity contribution in [2.24, 2.45) is 0 Å². The number of carbonyl (C=O) groups is 1. The van der Waals surface area contributed by atoms with Gasteiger partial charge in [-0.25, -0.2) is 21.6 Å². The number of sulfonamides is 2. The molecule has 0 aliphatic carbocycles. The second-order valence-corrected chi connectivity index (χ2v) is 10.7. The fraction of sp³-hybridized carbons (Fsp3) is 0.316. The first-order valence-electron chi connectivity index (χ1n) is 9.26. The summed E-state index contributed by atoms with van der Waals surface area (Å²) in [5, 5.41) is 2.63. The minimum atomic E-state index is -3.94. The van der Waals surface area contributed by atoms with Crippen molar-refractivity contribution in [3.05, 3.63) is 53.6 Å². The van der Waals surface area contributed by atoms with E-state index in [1.807, 2.05) is 13.8 Å². The summed E-state index contributed by atoms with van der Waals surface area (Å²) in [5.74, 6) is -0.983. The number of hydrogen-bond donors (Lipinski definition) is 3. The van der Waals surface area contributed by atoms with Crippen LogP contribution in [0.1, 0.15) is 13.8 Å². The first-order valence-corrected chi connectivity index (χ1v) is 12.8. The molecule has 9 nitrogen and oxygen atoms in total. The number of anilines is 1. The van der Waals surface area contributed by atoms with Gasteiger partial charge in [-0.3, -0.25) is 9.52 Å². The molecule has 170 valence electrons. The van der Waals surface area contributed by atoms with Crippen molar-refractivity contribution in [2.75, 3.05) is 23.6 Å². The SMILES string of the molecule is CC(C)Oc1ccc(NS(=O)(=O)CC(=O)NCCNS(=O)(=O)c2cccc(Cl)c2)cc1. The maximum atomic E-state index is 12.2. The summed E-state index contributed by atoms with van der Waals surface area (Å²) in [6.07, 6.45) is -0.0128. The minimum absolute atomic E-state index is 0.0112. The molecule has 31 heavy (non-hydrogen) atoms. The van der Waals surface area contributed by atoms with E-state index in [-0.39, 0.29) is 34.8 Å². The zero-order valence-corrected chi connectivity index (χ0v) is 19.4. The Morgan fingerprint density at radius 1 is 1.03 bits per heavy atom. The molecule has 0 fully saturated rings. The van der Waals surface area contributed by atoms with Gasteiger partial charge < -0.3 is 10.1 Å². The van der Waals surface area contributed by atoms with E-state index in [2.05, 4.69) is 14.8 Å². The second-order valence-electron chi connectivity index (χ2n) is 6.76. The smallest absolute Gasteiger partial charge is 0.241 e. The van der Waals surface area contributed by atoms with Crippen LogP contribution in [0, 0.1) is 0 Å². The zero-order valence-electron chi connectivity index (χ0n) is 17.0. The molecule has 2 aromatic rings. The van der Waals surface area contributed by atoms with Crippen LogP contribution in [-0.2, 0) is 24.8 Å². The quantitative estimate of drug-likeness (QED) is 0.413. The van der Waals surface area contributed by atoms with Crippen molar-refractivity contribution in [2.45, 2.75) is 24.8 Å². The van der Waals surface area contributed by atoms with E-state index in [0.29, 0.717) is 5.75 Å². The Kier molecular flexibility index (Phi) is 8.69. The zero-order chi connectivity index (χ0) is 23.1. The van der Waals surface area contributed by atoms with Crippen molar-refractivity contribution in [1.82, 2.24) is 10.0 Å². The summed E-state index contributed by atoms with van der Waals surface area (Å²) in [4.78, 5) is 11.9. The Hall–Kier alpha value is -2.34. The maximum Gasteiger partial charge on any atom is 0.241 e. The number of hydrogen-bond acceptors (Lipinski definition) is 6. The van der Waals surface area contributed by atoms with Crippen molar-refractivity contribution >= 4 is 43.2 Å². The first kappa shape index (κ1) is 24.9. The molecule has 0 radical (unpaired) electrons. The molecule has 1 amide bonds. The number of carbonyl (C=O) groups excluding carboxylic acids is 1. The summed E-state index contributed by atoms with van der Waals surface area (Å²) in [7, 11) is -7.73. The molecular formula is C19H24ClN3O6S2. The third-order valence-corrected chi connectivity index (χ3v) is 6.55. The molecule has 2 aromatic carbocycles. The van der Waals surface area contributed by atoms with Crippen LogP contribution < -0.4 is 19.5 Å². The van der Waals surface area contributed by atoms with E-state index in [9.17, 15) is 21.6 Å². The number of ether oxygens (including phenoxy) is 1. The van der Waals surface area contributed by atoms with E-state index in [0.717, 1.165) is 0 Å². The van der Waals surface area contributed by atoms with Gasteiger partial charge in [-0.15, -0.1) is 0 Å². The number of halogens is 1. The Morgan fingerprint density at radius 3 is 2.32 bits per heavy atom. The number of nitrogens with one attached hydrogen (secondary N) is 3. The largest absolute Gasteiger partial charge is 0.491 e. The van der Waals surface area contributed by atoms with Gasteiger partial charge in [0.15, 0.2) is 0 Å². The fourth-order valence-electron chi connectivity index (χ4n) is 2.42.